The van der Waals surface area contributed by atoms with Crippen LogP contribution in [0.15, 0.2) is 36.5 Å². The smallest absolute Gasteiger partial charge is 0.326 e. The fourth-order valence-corrected chi connectivity index (χ4v) is 2.87. The molecule has 27 heavy (non-hydrogen) atoms. The third-order valence-electron chi connectivity index (χ3n) is 4.39. The van der Waals surface area contributed by atoms with Crippen molar-refractivity contribution >= 4 is 22.8 Å². The molecule has 1 unspecified atom stereocenters. The van der Waals surface area contributed by atoms with Crippen molar-refractivity contribution in [3.05, 3.63) is 47.9 Å². The quantitative estimate of drug-likeness (QED) is 0.664. The van der Waals surface area contributed by atoms with E-state index in [1.807, 2.05) is 37.3 Å². The highest BCUT2D eigenvalue weighted by molar-refractivity contribution is 5.95. The van der Waals surface area contributed by atoms with Crippen LogP contribution in [0.1, 0.15) is 42.4 Å². The average molecular weight is 367 g/mol. The summed E-state index contributed by atoms with van der Waals surface area (Å²) in [6, 6.07) is 8.48. The predicted molar refractivity (Wildman–Crippen MR) is 99.8 cm³/mol. The second kappa shape index (κ2) is 7.94. The molecule has 1 amide bonds. The van der Waals surface area contributed by atoms with Crippen molar-refractivity contribution in [1.29, 1.82) is 0 Å². The van der Waals surface area contributed by atoms with Crippen molar-refractivity contribution in [2.24, 2.45) is 0 Å². The lowest BCUT2D eigenvalue weighted by Gasteiger charge is -2.13. The Balaban J connectivity index is 1.85. The number of aliphatic carboxylic acids is 1. The van der Waals surface area contributed by atoms with E-state index < -0.39 is 17.9 Å². The zero-order valence-corrected chi connectivity index (χ0v) is 15.2. The lowest BCUT2D eigenvalue weighted by atomic mass is 10.1. The summed E-state index contributed by atoms with van der Waals surface area (Å²) in [4.78, 5) is 28.1. The van der Waals surface area contributed by atoms with Crippen molar-refractivity contribution in [2.75, 3.05) is 0 Å². The maximum atomic E-state index is 12.5. The molecule has 0 radical (unpaired) electrons. The van der Waals surface area contributed by atoms with Gasteiger partial charge in [-0.05, 0) is 37.6 Å². The maximum absolute atomic E-state index is 12.5. The van der Waals surface area contributed by atoms with Crippen LogP contribution in [0.4, 0.5) is 0 Å². The number of carboxylic acids is 1. The summed E-state index contributed by atoms with van der Waals surface area (Å²) in [6.45, 7) is 3.69. The summed E-state index contributed by atoms with van der Waals surface area (Å²) < 4.78 is 1.56. The number of pyridine rings is 1. The molecule has 0 bridgehead atoms. The Hall–Kier alpha value is -3.29. The van der Waals surface area contributed by atoms with Gasteiger partial charge in [0.2, 0.25) is 0 Å². The fraction of sp³-hybridized carbons (Fsp3) is 0.316. The highest BCUT2D eigenvalue weighted by Gasteiger charge is 2.24. The molecule has 0 saturated carbocycles. The van der Waals surface area contributed by atoms with Gasteiger partial charge in [0, 0.05) is 11.6 Å². The van der Waals surface area contributed by atoms with E-state index in [1.165, 1.54) is 0 Å². The van der Waals surface area contributed by atoms with Crippen LogP contribution in [0.5, 0.6) is 0 Å². The second-order valence-corrected chi connectivity index (χ2v) is 6.32. The zero-order valence-electron chi connectivity index (χ0n) is 15.2. The molecule has 0 saturated heterocycles. The van der Waals surface area contributed by atoms with Crippen molar-refractivity contribution in [3.8, 4) is 5.69 Å². The minimum Gasteiger partial charge on any atom is -0.480 e. The molecule has 3 rings (SSSR count). The van der Waals surface area contributed by atoms with Crippen LogP contribution >= 0.6 is 0 Å². The Morgan fingerprint density at radius 3 is 2.85 bits per heavy atom. The van der Waals surface area contributed by atoms with Crippen molar-refractivity contribution in [3.63, 3.8) is 0 Å². The zero-order chi connectivity index (χ0) is 19.4. The molecule has 0 aliphatic rings. The van der Waals surface area contributed by atoms with Crippen LogP contribution in [0, 0.1) is 6.92 Å². The molecule has 2 heterocycles. The number of carbonyl (C=O) groups excluding carboxylic acids is 1. The lowest BCUT2D eigenvalue weighted by molar-refractivity contribution is -0.139. The Labute approximate surface area is 156 Å². The first-order valence-electron chi connectivity index (χ1n) is 8.82. The summed E-state index contributed by atoms with van der Waals surface area (Å²) in [5, 5.41) is 20.8. The monoisotopic (exact) mass is 367 g/mol. The summed E-state index contributed by atoms with van der Waals surface area (Å²) >= 11 is 0. The number of hydrogen-bond donors (Lipinski definition) is 2. The van der Waals surface area contributed by atoms with Gasteiger partial charge in [-0.1, -0.05) is 31.0 Å². The third-order valence-corrected chi connectivity index (χ3v) is 4.39. The number of unbranched alkanes of at least 4 members (excludes halogenated alkanes) is 1. The molecule has 2 aromatic heterocycles. The van der Waals surface area contributed by atoms with Gasteiger partial charge in [-0.2, -0.15) is 0 Å². The van der Waals surface area contributed by atoms with Crippen molar-refractivity contribution in [1.82, 2.24) is 25.3 Å². The van der Waals surface area contributed by atoms with E-state index in [2.05, 4.69) is 20.6 Å². The Kier molecular flexibility index (Phi) is 5.44. The van der Waals surface area contributed by atoms with Crippen molar-refractivity contribution in [2.45, 2.75) is 39.2 Å². The van der Waals surface area contributed by atoms with Crippen LogP contribution in [0.3, 0.4) is 0 Å². The highest BCUT2D eigenvalue weighted by Crippen LogP contribution is 2.18. The second-order valence-electron chi connectivity index (χ2n) is 6.32. The summed E-state index contributed by atoms with van der Waals surface area (Å²) in [5.74, 6) is -1.59. The molecule has 1 aromatic carbocycles. The van der Waals surface area contributed by atoms with Gasteiger partial charge >= 0.3 is 5.97 Å². The number of rotatable bonds is 7. The maximum Gasteiger partial charge on any atom is 0.326 e. The largest absolute Gasteiger partial charge is 0.480 e. The normalized spacial score (nSPS) is 12.1. The number of amides is 1. The summed E-state index contributed by atoms with van der Waals surface area (Å²) in [6.07, 6.45) is 3.67. The molecule has 8 heteroatoms. The topological polar surface area (TPSA) is 110 Å². The molecular formula is C19H21N5O3. The fourth-order valence-electron chi connectivity index (χ4n) is 2.87. The minimum atomic E-state index is -1.05. The number of aromatic nitrogens is 4. The molecule has 140 valence electrons. The highest BCUT2D eigenvalue weighted by atomic mass is 16.4. The van der Waals surface area contributed by atoms with Crippen LogP contribution in [-0.2, 0) is 4.79 Å². The number of hydrogen-bond acceptors (Lipinski definition) is 5. The Bertz CT molecular complexity index is 982. The van der Waals surface area contributed by atoms with E-state index in [1.54, 1.807) is 17.8 Å². The Morgan fingerprint density at radius 1 is 1.30 bits per heavy atom. The molecule has 0 spiro atoms. The van der Waals surface area contributed by atoms with E-state index in [0.29, 0.717) is 18.5 Å². The Morgan fingerprint density at radius 2 is 2.11 bits per heavy atom. The summed E-state index contributed by atoms with van der Waals surface area (Å²) in [5.41, 5.74) is 2.26. The van der Waals surface area contributed by atoms with E-state index >= 15 is 0 Å². The number of nitrogens with zero attached hydrogens (tertiary/aromatic N) is 4. The average Bonchev–Trinajstić information content (AvgIpc) is 3.05. The predicted octanol–water partition coefficient (Wildman–Crippen LogP) is 2.50. The third kappa shape index (κ3) is 3.94. The van der Waals surface area contributed by atoms with E-state index in [4.69, 9.17) is 0 Å². The number of carbonyl (C=O) groups is 2. The molecule has 0 fully saturated rings. The van der Waals surface area contributed by atoms with Gasteiger partial charge in [0.15, 0.2) is 5.69 Å². The molecular weight excluding hydrogens is 346 g/mol. The molecule has 1 atom stereocenters. The standard InChI is InChI=1S/C19H21N5O3/c1-3-4-7-16(19(26)27)21-18(25)17-12(2)24(23-22-17)14-8-9-15-13(11-14)6-5-10-20-15/h5-6,8-11,16H,3-4,7H2,1-2H3,(H,21,25)(H,26,27). The van der Waals surface area contributed by atoms with E-state index in [-0.39, 0.29) is 5.69 Å². The van der Waals surface area contributed by atoms with Gasteiger partial charge in [-0.3, -0.25) is 9.78 Å². The molecule has 2 N–H and O–H groups in total. The minimum absolute atomic E-state index is 0.115. The van der Waals surface area contributed by atoms with Crippen LogP contribution in [0.2, 0.25) is 0 Å². The first-order valence-corrected chi connectivity index (χ1v) is 8.82. The van der Waals surface area contributed by atoms with Crippen molar-refractivity contribution < 1.29 is 14.7 Å². The van der Waals surface area contributed by atoms with Crippen LogP contribution < -0.4 is 5.32 Å². The van der Waals surface area contributed by atoms with Gasteiger partial charge in [-0.15, -0.1) is 5.10 Å². The summed E-state index contributed by atoms with van der Waals surface area (Å²) in [7, 11) is 0. The van der Waals surface area contributed by atoms with Crippen LogP contribution in [-0.4, -0.2) is 43.0 Å². The molecule has 8 nitrogen and oxygen atoms in total. The van der Waals surface area contributed by atoms with Gasteiger partial charge in [0.25, 0.3) is 5.91 Å². The van der Waals surface area contributed by atoms with E-state index in [9.17, 15) is 14.7 Å². The number of carboxylic acid groups (broad SMARTS) is 1. The number of benzene rings is 1. The number of nitrogens with one attached hydrogen (secondary N) is 1. The van der Waals surface area contributed by atoms with Gasteiger partial charge < -0.3 is 10.4 Å². The molecule has 0 aliphatic heterocycles. The molecule has 3 aromatic rings. The van der Waals surface area contributed by atoms with Gasteiger partial charge in [0.1, 0.15) is 6.04 Å². The van der Waals surface area contributed by atoms with Gasteiger partial charge in [-0.25, -0.2) is 9.48 Å². The first kappa shape index (κ1) is 18.5. The lowest BCUT2D eigenvalue weighted by Crippen LogP contribution is -2.41. The SMILES string of the molecule is CCCCC(NC(=O)c1nnn(-c2ccc3ncccc3c2)c1C)C(=O)O. The first-order chi connectivity index (χ1) is 13.0. The van der Waals surface area contributed by atoms with Crippen LogP contribution in [0.25, 0.3) is 16.6 Å². The van der Waals surface area contributed by atoms with Gasteiger partial charge in [0.05, 0.1) is 16.9 Å². The van der Waals surface area contributed by atoms with E-state index in [0.717, 1.165) is 23.0 Å². The molecule has 0 aliphatic carbocycles. The number of fused-ring (bicyclic) bond motifs is 1.